The highest BCUT2D eigenvalue weighted by Crippen LogP contribution is 2.35. The Balaban J connectivity index is 1.81. The van der Waals surface area contributed by atoms with Crippen LogP contribution in [0.25, 0.3) is 0 Å². The molecular formula is C21H17Cl3N2O2. The Labute approximate surface area is 178 Å². The van der Waals surface area contributed by atoms with Gasteiger partial charge in [0.25, 0.3) is 0 Å². The van der Waals surface area contributed by atoms with Gasteiger partial charge in [-0.2, -0.15) is 0 Å². The van der Waals surface area contributed by atoms with Gasteiger partial charge in [0, 0.05) is 29.2 Å². The summed E-state index contributed by atoms with van der Waals surface area (Å²) in [6.45, 7) is 1.90. The molecule has 0 aliphatic heterocycles. The van der Waals surface area contributed by atoms with E-state index < -0.39 is 0 Å². The van der Waals surface area contributed by atoms with Crippen molar-refractivity contribution in [3.05, 3.63) is 81.3 Å². The fourth-order valence-corrected chi connectivity index (χ4v) is 3.23. The van der Waals surface area contributed by atoms with E-state index >= 15 is 0 Å². The third kappa shape index (κ3) is 5.32. The molecule has 1 amide bonds. The van der Waals surface area contributed by atoms with Gasteiger partial charge in [0.05, 0.1) is 10.7 Å². The molecule has 2 N–H and O–H groups in total. The Kier molecular flexibility index (Phi) is 6.68. The van der Waals surface area contributed by atoms with Gasteiger partial charge in [0.2, 0.25) is 5.91 Å². The van der Waals surface area contributed by atoms with Crippen LogP contribution in [-0.2, 0) is 11.3 Å². The van der Waals surface area contributed by atoms with Gasteiger partial charge in [-0.15, -0.1) is 0 Å². The van der Waals surface area contributed by atoms with Crippen LogP contribution in [0.1, 0.15) is 12.5 Å². The highest BCUT2D eigenvalue weighted by Gasteiger charge is 2.10. The zero-order chi connectivity index (χ0) is 20.1. The van der Waals surface area contributed by atoms with E-state index in [0.717, 1.165) is 11.3 Å². The van der Waals surface area contributed by atoms with Gasteiger partial charge >= 0.3 is 0 Å². The highest BCUT2D eigenvalue weighted by molar-refractivity contribution is 6.35. The molecule has 3 rings (SSSR count). The van der Waals surface area contributed by atoms with Crippen molar-refractivity contribution in [2.75, 3.05) is 10.6 Å². The largest absolute Gasteiger partial charge is 0.454 e. The van der Waals surface area contributed by atoms with Crippen LogP contribution in [0.2, 0.25) is 15.1 Å². The number of carbonyl (C=O) groups excluding carboxylic acids is 1. The molecule has 0 saturated heterocycles. The van der Waals surface area contributed by atoms with Crippen LogP contribution in [0.4, 0.5) is 11.4 Å². The molecule has 144 valence electrons. The van der Waals surface area contributed by atoms with E-state index in [1.165, 1.54) is 6.92 Å². The Bertz CT molecular complexity index is 1010. The Morgan fingerprint density at radius 2 is 1.61 bits per heavy atom. The first-order valence-corrected chi connectivity index (χ1v) is 9.57. The van der Waals surface area contributed by atoms with E-state index in [-0.39, 0.29) is 5.91 Å². The van der Waals surface area contributed by atoms with E-state index in [4.69, 9.17) is 39.5 Å². The molecular weight excluding hydrogens is 419 g/mol. The van der Waals surface area contributed by atoms with Crippen LogP contribution < -0.4 is 15.4 Å². The SMILES string of the molecule is CC(=O)Nc1ccc(Cl)cc1CNc1ccccc1Oc1ccc(Cl)cc1Cl. The molecule has 28 heavy (non-hydrogen) atoms. The maximum atomic E-state index is 11.4. The van der Waals surface area contributed by atoms with Gasteiger partial charge in [0.1, 0.15) is 5.75 Å². The predicted octanol–water partition coefficient (Wildman–Crippen LogP) is 7.01. The number of hydrogen-bond donors (Lipinski definition) is 2. The lowest BCUT2D eigenvalue weighted by Gasteiger charge is -2.16. The smallest absolute Gasteiger partial charge is 0.221 e. The lowest BCUT2D eigenvalue weighted by molar-refractivity contribution is -0.114. The maximum Gasteiger partial charge on any atom is 0.221 e. The number of anilines is 2. The molecule has 0 atom stereocenters. The lowest BCUT2D eigenvalue weighted by Crippen LogP contribution is -2.10. The number of para-hydroxylation sites is 2. The van der Waals surface area contributed by atoms with E-state index in [1.54, 1.807) is 36.4 Å². The molecule has 0 aliphatic rings. The van der Waals surface area contributed by atoms with Gasteiger partial charge in [0.15, 0.2) is 5.75 Å². The van der Waals surface area contributed by atoms with Gasteiger partial charge in [-0.3, -0.25) is 4.79 Å². The molecule has 0 bridgehead atoms. The summed E-state index contributed by atoms with van der Waals surface area (Å²) >= 11 is 18.3. The number of amides is 1. The predicted molar refractivity (Wildman–Crippen MR) is 116 cm³/mol. The van der Waals surface area contributed by atoms with E-state index in [2.05, 4.69) is 10.6 Å². The third-order valence-electron chi connectivity index (χ3n) is 3.85. The van der Waals surface area contributed by atoms with Crippen molar-refractivity contribution in [3.8, 4) is 11.5 Å². The van der Waals surface area contributed by atoms with Crippen LogP contribution in [0.3, 0.4) is 0 Å². The summed E-state index contributed by atoms with van der Waals surface area (Å²) in [6, 6.07) is 17.9. The van der Waals surface area contributed by atoms with Crippen molar-refractivity contribution >= 4 is 52.1 Å². The molecule has 0 spiro atoms. The quantitative estimate of drug-likeness (QED) is 0.438. The molecule has 0 aliphatic carbocycles. The molecule has 0 radical (unpaired) electrons. The molecule has 4 nitrogen and oxygen atoms in total. The number of rotatable bonds is 6. The third-order valence-corrected chi connectivity index (χ3v) is 4.61. The Hall–Kier alpha value is -2.40. The normalized spacial score (nSPS) is 10.4. The van der Waals surface area contributed by atoms with Gasteiger partial charge in [-0.25, -0.2) is 0 Å². The minimum absolute atomic E-state index is 0.148. The molecule has 3 aromatic rings. The summed E-state index contributed by atoms with van der Waals surface area (Å²) in [5, 5.41) is 7.67. The minimum Gasteiger partial charge on any atom is -0.454 e. The number of nitrogens with one attached hydrogen (secondary N) is 2. The fourth-order valence-electron chi connectivity index (χ4n) is 2.59. The lowest BCUT2D eigenvalue weighted by atomic mass is 10.1. The van der Waals surface area contributed by atoms with Crippen LogP contribution in [0.5, 0.6) is 11.5 Å². The zero-order valence-electron chi connectivity index (χ0n) is 14.9. The minimum atomic E-state index is -0.148. The molecule has 0 saturated carbocycles. The average Bonchev–Trinajstić information content (AvgIpc) is 2.65. The summed E-state index contributed by atoms with van der Waals surface area (Å²) < 4.78 is 5.95. The summed E-state index contributed by atoms with van der Waals surface area (Å²) in [7, 11) is 0. The standard InChI is InChI=1S/C21H17Cl3N2O2/c1-13(27)26-18-8-6-15(22)10-14(18)12-25-19-4-2-3-5-21(19)28-20-9-7-16(23)11-17(20)24/h2-11,25H,12H2,1H3,(H,26,27). The molecule has 3 aromatic carbocycles. The summed E-state index contributed by atoms with van der Waals surface area (Å²) in [4.78, 5) is 11.4. The second-order valence-electron chi connectivity index (χ2n) is 6.01. The van der Waals surface area contributed by atoms with Crippen molar-refractivity contribution in [1.29, 1.82) is 0 Å². The van der Waals surface area contributed by atoms with Gasteiger partial charge in [-0.1, -0.05) is 46.9 Å². The van der Waals surface area contributed by atoms with Gasteiger partial charge < -0.3 is 15.4 Å². The molecule has 0 fully saturated rings. The summed E-state index contributed by atoms with van der Waals surface area (Å²) in [5.74, 6) is 0.960. The first kappa shape index (κ1) is 20.3. The van der Waals surface area contributed by atoms with E-state index in [1.807, 2.05) is 24.3 Å². The van der Waals surface area contributed by atoms with Gasteiger partial charge in [-0.05, 0) is 54.1 Å². The van der Waals surface area contributed by atoms with Crippen LogP contribution in [0.15, 0.2) is 60.7 Å². The van der Waals surface area contributed by atoms with Crippen LogP contribution in [-0.4, -0.2) is 5.91 Å². The number of carbonyl (C=O) groups is 1. The fraction of sp³-hybridized carbons (Fsp3) is 0.0952. The van der Waals surface area contributed by atoms with E-state index in [9.17, 15) is 4.79 Å². The number of benzene rings is 3. The van der Waals surface area contributed by atoms with Crippen LogP contribution in [0, 0.1) is 0 Å². The average molecular weight is 436 g/mol. The van der Waals surface area contributed by atoms with Crippen LogP contribution >= 0.6 is 34.8 Å². The Morgan fingerprint density at radius 1 is 0.893 bits per heavy atom. The molecule has 0 unspecified atom stereocenters. The van der Waals surface area contributed by atoms with Crippen molar-refractivity contribution in [2.24, 2.45) is 0 Å². The number of hydrogen-bond acceptors (Lipinski definition) is 3. The van der Waals surface area contributed by atoms with Crippen molar-refractivity contribution in [2.45, 2.75) is 13.5 Å². The molecule has 7 heteroatoms. The van der Waals surface area contributed by atoms with Crippen molar-refractivity contribution in [1.82, 2.24) is 0 Å². The second kappa shape index (κ2) is 9.20. The molecule has 0 aromatic heterocycles. The topological polar surface area (TPSA) is 50.4 Å². The monoisotopic (exact) mass is 434 g/mol. The van der Waals surface area contributed by atoms with Crippen molar-refractivity contribution in [3.63, 3.8) is 0 Å². The molecule has 0 heterocycles. The van der Waals surface area contributed by atoms with Crippen molar-refractivity contribution < 1.29 is 9.53 Å². The van der Waals surface area contributed by atoms with E-state index in [0.29, 0.717) is 38.8 Å². The first-order valence-electron chi connectivity index (χ1n) is 8.44. The number of ether oxygens (including phenoxy) is 1. The second-order valence-corrected chi connectivity index (χ2v) is 7.29. The zero-order valence-corrected chi connectivity index (χ0v) is 17.2. The maximum absolute atomic E-state index is 11.4. The Morgan fingerprint density at radius 3 is 2.36 bits per heavy atom. The highest BCUT2D eigenvalue weighted by atomic mass is 35.5. The summed E-state index contributed by atoms with van der Waals surface area (Å²) in [5.41, 5.74) is 2.31. The first-order chi connectivity index (χ1) is 13.4. The number of halogens is 3. The summed E-state index contributed by atoms with van der Waals surface area (Å²) in [6.07, 6.45) is 0.